The fourth-order valence-electron chi connectivity index (χ4n) is 3.12. The molecule has 0 saturated heterocycles. The number of carbonyl (C=O) groups excluding carboxylic acids is 2. The van der Waals surface area contributed by atoms with Crippen molar-refractivity contribution in [3.63, 3.8) is 0 Å². The number of aryl methyl sites for hydroxylation is 1. The van der Waals surface area contributed by atoms with Gasteiger partial charge in [0.05, 0.1) is 11.0 Å². The second kappa shape index (κ2) is 6.75. The second-order valence-electron chi connectivity index (χ2n) is 6.81. The second-order valence-corrected chi connectivity index (χ2v) is 6.81. The van der Waals surface area contributed by atoms with Crippen LogP contribution in [0.25, 0.3) is 11.0 Å². The van der Waals surface area contributed by atoms with Crippen LogP contribution in [0.1, 0.15) is 12.8 Å². The van der Waals surface area contributed by atoms with Crippen LogP contribution in [0.5, 0.6) is 0 Å². The Morgan fingerprint density at radius 3 is 2.37 bits per heavy atom. The zero-order valence-electron chi connectivity index (χ0n) is 14.9. The molecule has 0 unspecified atom stereocenters. The molecule has 4 rings (SSSR count). The molecular formula is C20H20N4O3. The number of amides is 2. The van der Waals surface area contributed by atoms with Crippen molar-refractivity contribution in [3.05, 3.63) is 59.0 Å². The van der Waals surface area contributed by atoms with Crippen LogP contribution in [0.15, 0.2) is 53.3 Å². The first-order valence-electron chi connectivity index (χ1n) is 8.88. The van der Waals surface area contributed by atoms with Crippen LogP contribution in [0.4, 0.5) is 11.4 Å². The van der Waals surface area contributed by atoms with E-state index in [0.29, 0.717) is 16.9 Å². The number of anilines is 2. The molecule has 2 aromatic carbocycles. The Bertz CT molecular complexity index is 1090. The molecule has 1 heterocycles. The van der Waals surface area contributed by atoms with E-state index in [1.165, 1.54) is 9.13 Å². The highest BCUT2D eigenvalue weighted by atomic mass is 16.2. The van der Waals surface area contributed by atoms with Gasteiger partial charge in [-0.25, -0.2) is 4.79 Å². The number of para-hydroxylation sites is 2. The van der Waals surface area contributed by atoms with Crippen LogP contribution in [-0.4, -0.2) is 20.9 Å². The lowest BCUT2D eigenvalue weighted by molar-refractivity contribution is -0.117. The summed E-state index contributed by atoms with van der Waals surface area (Å²) in [6.07, 6.45) is 1.87. The minimum absolute atomic E-state index is 0.0146. The summed E-state index contributed by atoms with van der Waals surface area (Å²) >= 11 is 0. The van der Waals surface area contributed by atoms with E-state index in [1.54, 1.807) is 31.3 Å². The van der Waals surface area contributed by atoms with E-state index in [2.05, 4.69) is 10.6 Å². The van der Waals surface area contributed by atoms with Crippen molar-refractivity contribution in [2.75, 3.05) is 10.6 Å². The average molecular weight is 364 g/mol. The van der Waals surface area contributed by atoms with E-state index < -0.39 is 0 Å². The summed E-state index contributed by atoms with van der Waals surface area (Å²) < 4.78 is 2.97. The van der Waals surface area contributed by atoms with Crippen LogP contribution >= 0.6 is 0 Å². The van der Waals surface area contributed by atoms with E-state index in [0.717, 1.165) is 18.4 Å². The van der Waals surface area contributed by atoms with Crippen molar-refractivity contribution in [2.45, 2.75) is 19.4 Å². The van der Waals surface area contributed by atoms with Crippen molar-refractivity contribution in [2.24, 2.45) is 13.0 Å². The highest BCUT2D eigenvalue weighted by Gasteiger charge is 2.29. The first-order chi connectivity index (χ1) is 13.0. The standard InChI is InChI=1S/C20H20N4O3/c1-23-16-7-2-3-8-17(16)24(20(23)27)12-18(25)21-14-5-4-6-15(11-14)22-19(26)13-9-10-13/h2-8,11,13H,9-10,12H2,1H3,(H,21,25)(H,22,26). The maximum atomic E-state index is 12.5. The molecule has 0 radical (unpaired) electrons. The number of nitrogens with zero attached hydrogens (tertiary/aromatic N) is 2. The zero-order chi connectivity index (χ0) is 19.0. The Morgan fingerprint density at radius 2 is 1.67 bits per heavy atom. The van der Waals surface area contributed by atoms with Crippen LogP contribution in [0.3, 0.4) is 0 Å². The van der Waals surface area contributed by atoms with Gasteiger partial charge < -0.3 is 10.6 Å². The summed E-state index contributed by atoms with van der Waals surface area (Å²) in [7, 11) is 1.69. The highest BCUT2D eigenvalue weighted by molar-refractivity contribution is 5.96. The van der Waals surface area contributed by atoms with E-state index in [9.17, 15) is 14.4 Å². The van der Waals surface area contributed by atoms with E-state index in [1.807, 2.05) is 24.3 Å². The SMILES string of the molecule is Cn1c(=O)n(CC(=O)Nc2cccc(NC(=O)C3CC3)c2)c2ccccc21. The molecule has 1 fully saturated rings. The maximum Gasteiger partial charge on any atom is 0.329 e. The summed E-state index contributed by atoms with van der Waals surface area (Å²) in [5.41, 5.74) is 2.47. The van der Waals surface area contributed by atoms with Gasteiger partial charge in [0.25, 0.3) is 0 Å². The lowest BCUT2D eigenvalue weighted by atomic mass is 10.2. The van der Waals surface area contributed by atoms with E-state index in [-0.39, 0.29) is 30.0 Å². The van der Waals surface area contributed by atoms with Crippen LogP contribution in [0.2, 0.25) is 0 Å². The largest absolute Gasteiger partial charge is 0.329 e. The molecule has 0 atom stereocenters. The Kier molecular flexibility index (Phi) is 4.27. The Labute approximate surface area is 155 Å². The third-order valence-electron chi connectivity index (χ3n) is 4.72. The third kappa shape index (κ3) is 3.48. The number of hydrogen-bond donors (Lipinski definition) is 2. The number of rotatable bonds is 5. The van der Waals surface area contributed by atoms with Gasteiger partial charge in [-0.2, -0.15) is 0 Å². The number of fused-ring (bicyclic) bond motifs is 1. The van der Waals surface area contributed by atoms with Gasteiger partial charge in [0.2, 0.25) is 11.8 Å². The number of benzene rings is 2. The number of nitrogens with one attached hydrogen (secondary N) is 2. The van der Waals surface area contributed by atoms with Crippen molar-refractivity contribution >= 4 is 34.2 Å². The molecule has 0 spiro atoms. The molecule has 1 aliphatic rings. The Morgan fingerprint density at radius 1 is 1.00 bits per heavy atom. The number of carbonyl (C=O) groups is 2. The van der Waals surface area contributed by atoms with Crippen molar-refractivity contribution in [1.29, 1.82) is 0 Å². The molecule has 1 saturated carbocycles. The van der Waals surface area contributed by atoms with Crippen molar-refractivity contribution in [3.8, 4) is 0 Å². The van der Waals surface area contributed by atoms with Crippen LogP contribution < -0.4 is 16.3 Å². The molecule has 2 amide bonds. The summed E-state index contributed by atoms with van der Waals surface area (Å²) in [6.45, 7) is -0.0845. The van der Waals surface area contributed by atoms with Crippen LogP contribution in [-0.2, 0) is 23.2 Å². The van der Waals surface area contributed by atoms with Gasteiger partial charge in [-0.3, -0.25) is 18.7 Å². The normalized spacial score (nSPS) is 13.5. The van der Waals surface area contributed by atoms with E-state index in [4.69, 9.17) is 0 Å². The molecule has 1 aromatic heterocycles. The van der Waals surface area contributed by atoms with E-state index >= 15 is 0 Å². The fourth-order valence-corrected chi connectivity index (χ4v) is 3.12. The quantitative estimate of drug-likeness (QED) is 0.729. The molecule has 1 aliphatic carbocycles. The Balaban J connectivity index is 1.49. The summed E-state index contributed by atoms with van der Waals surface area (Å²) in [5.74, 6) is -0.179. The topological polar surface area (TPSA) is 85.1 Å². The lowest BCUT2D eigenvalue weighted by Gasteiger charge is -2.09. The molecule has 7 nitrogen and oxygen atoms in total. The molecule has 0 aliphatic heterocycles. The minimum atomic E-state index is -0.306. The smallest absolute Gasteiger partial charge is 0.326 e. The maximum absolute atomic E-state index is 12.5. The van der Waals surface area contributed by atoms with Gasteiger partial charge in [0.15, 0.2) is 0 Å². The third-order valence-corrected chi connectivity index (χ3v) is 4.72. The van der Waals surface area contributed by atoms with Crippen molar-refractivity contribution < 1.29 is 9.59 Å². The Hall–Kier alpha value is -3.35. The fraction of sp³-hybridized carbons (Fsp3) is 0.250. The van der Waals surface area contributed by atoms with Gasteiger partial charge in [0, 0.05) is 24.3 Å². The summed E-state index contributed by atoms with van der Waals surface area (Å²) in [5, 5.41) is 5.65. The lowest BCUT2D eigenvalue weighted by Crippen LogP contribution is -2.28. The van der Waals surface area contributed by atoms with Gasteiger partial charge in [0.1, 0.15) is 6.54 Å². The monoisotopic (exact) mass is 364 g/mol. The molecule has 27 heavy (non-hydrogen) atoms. The molecular weight excluding hydrogens is 344 g/mol. The molecule has 3 aromatic rings. The van der Waals surface area contributed by atoms with Crippen molar-refractivity contribution in [1.82, 2.24) is 9.13 Å². The number of hydrogen-bond acceptors (Lipinski definition) is 3. The highest BCUT2D eigenvalue weighted by Crippen LogP contribution is 2.30. The minimum Gasteiger partial charge on any atom is -0.326 e. The molecule has 2 N–H and O–H groups in total. The number of imidazole rings is 1. The predicted octanol–water partition coefficient (Wildman–Crippen LogP) is 2.33. The molecule has 138 valence electrons. The predicted molar refractivity (Wildman–Crippen MR) is 104 cm³/mol. The van der Waals surface area contributed by atoms with Gasteiger partial charge in [-0.05, 0) is 43.2 Å². The summed E-state index contributed by atoms with van der Waals surface area (Å²) in [6, 6.07) is 14.4. The summed E-state index contributed by atoms with van der Waals surface area (Å²) in [4.78, 5) is 36.8. The number of aromatic nitrogens is 2. The first-order valence-corrected chi connectivity index (χ1v) is 8.88. The molecule has 7 heteroatoms. The van der Waals surface area contributed by atoms with Gasteiger partial charge in [-0.15, -0.1) is 0 Å². The zero-order valence-corrected chi connectivity index (χ0v) is 14.9. The van der Waals surface area contributed by atoms with Gasteiger partial charge >= 0.3 is 5.69 Å². The molecule has 0 bridgehead atoms. The van der Waals surface area contributed by atoms with Gasteiger partial charge in [-0.1, -0.05) is 18.2 Å². The first kappa shape index (κ1) is 17.1. The average Bonchev–Trinajstić information content (AvgIpc) is 3.47. The van der Waals surface area contributed by atoms with Crippen LogP contribution in [0, 0.1) is 5.92 Å².